The van der Waals surface area contributed by atoms with Gasteiger partial charge in [-0.15, -0.1) is 22.7 Å². The summed E-state index contributed by atoms with van der Waals surface area (Å²) in [6.45, 7) is 19.0. The maximum absolute atomic E-state index is 2.60. The van der Waals surface area contributed by atoms with Gasteiger partial charge in [-0.2, -0.15) is 0 Å². The van der Waals surface area contributed by atoms with Crippen LogP contribution in [0.2, 0.25) is 0 Å². The lowest BCUT2D eigenvalue weighted by molar-refractivity contribution is 0.832. The second-order valence-electron chi connectivity index (χ2n) is 23.1. The molecule has 14 rings (SSSR count). The van der Waals surface area contributed by atoms with E-state index in [2.05, 4.69) is 284 Å². The first-order valence-corrected chi connectivity index (χ1v) is 30.2. The third kappa shape index (κ3) is 8.09. The minimum Gasteiger partial charge on any atom is -0.309 e. The van der Waals surface area contributed by atoms with E-state index in [1.54, 1.807) is 0 Å². The highest BCUT2D eigenvalue weighted by atomic mass is 32.1. The Morgan fingerprint density at radius 1 is 0.300 bits per heavy atom. The van der Waals surface area contributed by atoms with Gasteiger partial charge in [0.15, 0.2) is 0 Å². The monoisotopic (exact) mass is 1070 g/mol. The van der Waals surface area contributed by atoms with Gasteiger partial charge in [0.1, 0.15) is 0 Å². The van der Waals surface area contributed by atoms with E-state index in [-0.39, 0.29) is 23.7 Å². The van der Waals surface area contributed by atoms with E-state index in [0.717, 1.165) is 11.4 Å². The smallest absolute Gasteiger partial charge is 0.0540 e. The van der Waals surface area contributed by atoms with Crippen LogP contribution in [0.4, 0.5) is 34.1 Å². The average Bonchev–Trinajstić information content (AvgIpc) is 4.20. The third-order valence-corrected chi connectivity index (χ3v) is 19.3. The maximum Gasteiger partial charge on any atom is 0.0540 e. The van der Waals surface area contributed by atoms with Crippen LogP contribution in [-0.4, -0.2) is 0 Å². The lowest BCUT2D eigenvalue weighted by Gasteiger charge is -2.34. The summed E-state index contributed by atoms with van der Waals surface area (Å²) in [4.78, 5) is 5.20. The fourth-order valence-electron chi connectivity index (χ4n) is 13.0. The van der Waals surface area contributed by atoms with Gasteiger partial charge in [0.2, 0.25) is 0 Å². The standard InChI is InChI=1S/C76H64N2S2/c1-45(2)63-41-51(55-27-19-29-59-57-25-15-17-31-69(57)79-75(55)59)42-64(46(3)4)73(63)77(53-21-11-9-12-22-53)67-39-35-49-34-38-62-68(40-36-50-33-37-61(67)71(49)72(50)62)78(54-23-13-10-14-24-54)74-65(47(5)6)43-52(44-66(74)48(7)8)56-28-20-30-60-58-26-16-18-32-70(58)80-76(56)60/h9-48H,1-8H3. The molecule has 2 heterocycles. The number of para-hydroxylation sites is 2. The van der Waals surface area contributed by atoms with Crippen molar-refractivity contribution in [1.29, 1.82) is 0 Å². The van der Waals surface area contributed by atoms with Gasteiger partial charge in [0, 0.05) is 62.5 Å². The van der Waals surface area contributed by atoms with Crippen LogP contribution >= 0.6 is 22.7 Å². The molecule has 0 atom stereocenters. The summed E-state index contributed by atoms with van der Waals surface area (Å²) in [5.74, 6) is 0.969. The molecule has 12 aromatic carbocycles. The lowest BCUT2D eigenvalue weighted by Crippen LogP contribution is -2.17. The van der Waals surface area contributed by atoms with Crippen molar-refractivity contribution in [2.75, 3.05) is 9.80 Å². The summed E-state index contributed by atoms with van der Waals surface area (Å²) in [6, 6.07) is 82.8. The largest absolute Gasteiger partial charge is 0.309 e. The highest BCUT2D eigenvalue weighted by Crippen LogP contribution is 2.54. The summed E-state index contributed by atoms with van der Waals surface area (Å²) >= 11 is 3.82. The van der Waals surface area contributed by atoms with E-state index in [4.69, 9.17) is 0 Å². The molecule has 0 spiro atoms. The third-order valence-electron chi connectivity index (χ3n) is 16.8. The number of rotatable bonds is 12. The Kier molecular flexibility index (Phi) is 12.4. The quantitative estimate of drug-likeness (QED) is 0.113. The average molecular weight is 1070 g/mol. The molecular formula is C76H64N2S2. The molecule has 2 aromatic heterocycles. The summed E-state index contributed by atoms with van der Waals surface area (Å²) in [7, 11) is 0. The summed E-state index contributed by atoms with van der Waals surface area (Å²) in [5.41, 5.74) is 17.7. The second-order valence-corrected chi connectivity index (χ2v) is 25.2. The zero-order chi connectivity index (χ0) is 54.5. The molecule has 0 bridgehead atoms. The predicted molar refractivity (Wildman–Crippen MR) is 353 cm³/mol. The molecule has 14 aromatic rings. The van der Waals surface area contributed by atoms with Crippen molar-refractivity contribution in [3.63, 3.8) is 0 Å². The zero-order valence-electron chi connectivity index (χ0n) is 46.8. The molecule has 2 nitrogen and oxygen atoms in total. The molecule has 0 radical (unpaired) electrons. The van der Waals surface area contributed by atoms with Crippen molar-refractivity contribution in [2.45, 2.75) is 79.1 Å². The van der Waals surface area contributed by atoms with Gasteiger partial charge in [0.05, 0.1) is 22.7 Å². The summed E-state index contributed by atoms with van der Waals surface area (Å²) in [5, 5.41) is 12.8. The summed E-state index contributed by atoms with van der Waals surface area (Å²) in [6.07, 6.45) is 0. The number of benzene rings is 12. The van der Waals surface area contributed by atoms with Crippen LogP contribution in [0.25, 0.3) is 94.9 Å². The van der Waals surface area contributed by atoms with Gasteiger partial charge < -0.3 is 9.80 Å². The molecule has 0 N–H and O–H groups in total. The fourth-order valence-corrected chi connectivity index (χ4v) is 15.5. The number of thiophene rings is 2. The number of fused-ring (bicyclic) bond motifs is 6. The topological polar surface area (TPSA) is 6.48 Å². The van der Waals surface area contributed by atoms with E-state index in [1.165, 1.54) is 140 Å². The molecule has 80 heavy (non-hydrogen) atoms. The molecule has 4 heteroatoms. The molecular weight excluding hydrogens is 1000 g/mol. The fraction of sp³-hybridized carbons (Fsp3) is 0.158. The van der Waals surface area contributed by atoms with Crippen molar-refractivity contribution in [1.82, 2.24) is 0 Å². The molecule has 0 amide bonds. The van der Waals surface area contributed by atoms with Gasteiger partial charge >= 0.3 is 0 Å². The Labute approximate surface area is 478 Å². The molecule has 0 saturated carbocycles. The molecule has 0 fully saturated rings. The Morgan fingerprint density at radius 2 is 0.637 bits per heavy atom. The van der Waals surface area contributed by atoms with Gasteiger partial charge in [-0.05, 0) is 163 Å². The van der Waals surface area contributed by atoms with Crippen molar-refractivity contribution < 1.29 is 0 Å². The van der Waals surface area contributed by atoms with Crippen molar-refractivity contribution in [3.05, 3.63) is 241 Å². The first-order chi connectivity index (χ1) is 39.0. The first kappa shape index (κ1) is 50.0. The van der Waals surface area contributed by atoms with E-state index < -0.39 is 0 Å². The zero-order valence-corrected chi connectivity index (χ0v) is 48.4. The number of hydrogen-bond acceptors (Lipinski definition) is 4. The van der Waals surface area contributed by atoms with Gasteiger partial charge in [0.25, 0.3) is 0 Å². The summed E-state index contributed by atoms with van der Waals surface area (Å²) < 4.78 is 5.36. The Morgan fingerprint density at radius 3 is 1.01 bits per heavy atom. The molecule has 390 valence electrons. The number of nitrogens with zero attached hydrogens (tertiary/aromatic N) is 2. The van der Waals surface area contributed by atoms with Gasteiger partial charge in [-0.3, -0.25) is 0 Å². The van der Waals surface area contributed by atoms with Crippen LogP contribution in [0.15, 0.2) is 218 Å². The van der Waals surface area contributed by atoms with Crippen LogP contribution in [0.5, 0.6) is 0 Å². The normalized spacial score (nSPS) is 12.2. The van der Waals surface area contributed by atoms with Crippen LogP contribution in [-0.2, 0) is 0 Å². The van der Waals surface area contributed by atoms with E-state index in [1.807, 2.05) is 22.7 Å². The Bertz CT molecular complexity index is 4320. The Balaban J connectivity index is 0.993. The van der Waals surface area contributed by atoms with E-state index in [0.29, 0.717) is 0 Å². The maximum atomic E-state index is 2.60. The minimum atomic E-state index is 0.242. The SMILES string of the molecule is CC(C)c1cc(-c2cccc3c2sc2ccccc23)cc(C(C)C)c1N(c1ccccc1)c1ccc2ccc3c(N(c4ccccc4)c4c(C(C)C)cc(-c5cccc6c5sc5ccccc56)cc4C(C)C)ccc4ccc1c2c43. The van der Waals surface area contributed by atoms with Crippen LogP contribution in [0.1, 0.15) is 101 Å². The number of hydrogen-bond donors (Lipinski definition) is 0. The van der Waals surface area contributed by atoms with Crippen LogP contribution in [0, 0.1) is 0 Å². The first-order valence-electron chi connectivity index (χ1n) is 28.6. The van der Waals surface area contributed by atoms with Crippen molar-refractivity contribution in [2.24, 2.45) is 0 Å². The van der Waals surface area contributed by atoms with E-state index >= 15 is 0 Å². The number of anilines is 6. The van der Waals surface area contributed by atoms with Gasteiger partial charge in [-0.25, -0.2) is 0 Å². The lowest BCUT2D eigenvalue weighted by atomic mass is 9.86. The van der Waals surface area contributed by atoms with Crippen molar-refractivity contribution in [3.8, 4) is 22.3 Å². The molecule has 0 aliphatic rings. The molecule has 0 aliphatic carbocycles. The predicted octanol–water partition coefficient (Wildman–Crippen LogP) is 24.1. The molecule has 0 saturated heterocycles. The molecule has 0 unspecified atom stereocenters. The minimum absolute atomic E-state index is 0.242. The Hall–Kier alpha value is -8.28. The second kappa shape index (κ2) is 19.8. The van der Waals surface area contributed by atoms with Crippen molar-refractivity contribution >= 4 is 129 Å². The highest BCUT2D eigenvalue weighted by Gasteiger charge is 2.30. The highest BCUT2D eigenvalue weighted by molar-refractivity contribution is 7.26. The van der Waals surface area contributed by atoms with Crippen LogP contribution < -0.4 is 9.80 Å². The molecule has 0 aliphatic heterocycles. The van der Waals surface area contributed by atoms with E-state index in [9.17, 15) is 0 Å². The van der Waals surface area contributed by atoms with Gasteiger partial charge in [-0.1, -0.05) is 201 Å². The van der Waals surface area contributed by atoms with Crippen LogP contribution in [0.3, 0.4) is 0 Å².